The van der Waals surface area contributed by atoms with Gasteiger partial charge in [-0.1, -0.05) is 11.8 Å². The first-order valence-corrected chi connectivity index (χ1v) is 10.2. The van der Waals surface area contributed by atoms with E-state index in [0.717, 1.165) is 0 Å². The van der Waals surface area contributed by atoms with Crippen LogP contribution >= 0.6 is 27.7 Å². The Morgan fingerprint density at radius 3 is 2.81 bits per heavy atom. The molecule has 0 aromatic carbocycles. The Morgan fingerprint density at radius 1 is 1.35 bits per heavy atom. The molecule has 31 heavy (non-hydrogen) atoms. The van der Waals surface area contributed by atoms with E-state index < -0.39 is 11.5 Å². The second-order valence-electron chi connectivity index (χ2n) is 5.95. The van der Waals surface area contributed by atoms with Crippen LogP contribution < -0.4 is 10.1 Å². The molecule has 3 heterocycles. The summed E-state index contributed by atoms with van der Waals surface area (Å²) in [5.74, 6) is 5.25. The van der Waals surface area contributed by atoms with Crippen LogP contribution in [0.5, 0.6) is 5.88 Å². The van der Waals surface area contributed by atoms with Crippen LogP contribution in [0.4, 0.5) is 18.9 Å². The number of hydrogen-bond acceptors (Lipinski definition) is 6. The van der Waals surface area contributed by atoms with Crippen molar-refractivity contribution in [2.45, 2.75) is 10.5 Å². The molecule has 0 aliphatic carbocycles. The monoisotopic (exact) mass is 513 g/mol. The molecular weight excluding hydrogens is 499 g/mol. The van der Waals surface area contributed by atoms with Crippen molar-refractivity contribution in [2.24, 2.45) is 0 Å². The average Bonchev–Trinajstić information content (AvgIpc) is 3.07. The number of rotatable bonds is 5. The van der Waals surface area contributed by atoms with Crippen LogP contribution in [0.15, 0.2) is 46.2 Å². The van der Waals surface area contributed by atoms with Crippen molar-refractivity contribution in [2.75, 3.05) is 26.1 Å². The van der Waals surface area contributed by atoms with Crippen molar-refractivity contribution < 1.29 is 27.4 Å². The highest BCUT2D eigenvalue weighted by Crippen LogP contribution is 2.40. The number of aromatic nitrogens is 2. The number of hydrogen-bond donors (Lipinski definition) is 1. The van der Waals surface area contributed by atoms with E-state index in [1.807, 2.05) is 0 Å². The fourth-order valence-corrected chi connectivity index (χ4v) is 3.85. The zero-order valence-electron chi connectivity index (χ0n) is 16.2. The summed E-state index contributed by atoms with van der Waals surface area (Å²) in [6.45, 7) is 0.0755. The molecule has 0 amide bonds. The summed E-state index contributed by atoms with van der Waals surface area (Å²) < 4.78 is 51.1. The molecule has 0 fully saturated rings. The van der Waals surface area contributed by atoms with E-state index in [1.54, 1.807) is 24.4 Å². The van der Waals surface area contributed by atoms with Crippen LogP contribution in [0, 0.1) is 11.8 Å². The number of halogens is 4. The molecule has 0 saturated heterocycles. The molecule has 0 atom stereocenters. The number of anilines is 1. The van der Waals surface area contributed by atoms with Gasteiger partial charge in [-0.05, 0) is 40.2 Å². The van der Waals surface area contributed by atoms with Gasteiger partial charge in [0.1, 0.15) is 5.03 Å². The molecule has 3 aromatic heterocycles. The van der Waals surface area contributed by atoms with Crippen LogP contribution in [0.3, 0.4) is 0 Å². The molecule has 0 aliphatic heterocycles. The number of ether oxygens (including phenoxy) is 2. The third-order valence-electron chi connectivity index (χ3n) is 3.98. The Kier molecular flexibility index (Phi) is 7.02. The van der Waals surface area contributed by atoms with Crippen LogP contribution in [-0.2, 0) is 4.74 Å². The van der Waals surface area contributed by atoms with Crippen molar-refractivity contribution >= 4 is 44.9 Å². The highest BCUT2D eigenvalue weighted by atomic mass is 79.9. The second-order valence-corrected chi connectivity index (χ2v) is 7.86. The first-order chi connectivity index (χ1) is 14.7. The number of carbonyl (C=O) groups is 1. The number of alkyl halides is 3. The zero-order chi connectivity index (χ0) is 22.6. The number of methoxy groups -OCH3 is 2. The Bertz CT molecular complexity index is 1190. The SMILES string of the molecule is COC(=O)c1cnc(OC)c(NCC#Cc2cc3c(Br)cccn3c2SC(F)(F)F)c1. The maximum Gasteiger partial charge on any atom is 0.447 e. The van der Waals surface area contributed by atoms with Gasteiger partial charge in [0.25, 0.3) is 0 Å². The zero-order valence-corrected chi connectivity index (χ0v) is 18.6. The molecule has 162 valence electrons. The van der Waals surface area contributed by atoms with Gasteiger partial charge in [-0.2, -0.15) is 13.2 Å². The molecule has 11 heteroatoms. The van der Waals surface area contributed by atoms with Gasteiger partial charge in [0.2, 0.25) is 5.88 Å². The van der Waals surface area contributed by atoms with Crippen molar-refractivity contribution in [3.63, 3.8) is 0 Å². The summed E-state index contributed by atoms with van der Waals surface area (Å²) in [5, 5.41) is 2.93. The molecular formula is C20H15BrF3N3O3S. The van der Waals surface area contributed by atoms with Crippen LogP contribution in [0.1, 0.15) is 15.9 Å². The predicted octanol–water partition coefficient (Wildman–Crippen LogP) is 4.97. The highest BCUT2D eigenvalue weighted by Gasteiger charge is 2.32. The van der Waals surface area contributed by atoms with Gasteiger partial charge in [-0.25, -0.2) is 9.78 Å². The highest BCUT2D eigenvalue weighted by molar-refractivity contribution is 9.10. The van der Waals surface area contributed by atoms with E-state index >= 15 is 0 Å². The number of thioether (sulfide) groups is 1. The van der Waals surface area contributed by atoms with Crippen LogP contribution in [0.25, 0.3) is 5.52 Å². The summed E-state index contributed by atoms with van der Waals surface area (Å²) >= 11 is 3.12. The summed E-state index contributed by atoms with van der Waals surface area (Å²) in [5.41, 5.74) is -3.04. The Morgan fingerprint density at radius 2 is 2.13 bits per heavy atom. The standard InChI is InChI=1S/C20H15BrF3N3O3S/c1-29-17-15(9-13(11-26-17)19(28)30-2)25-7-3-5-12-10-16-14(21)6-4-8-27(16)18(12)31-20(22,23)24/h4,6,8-11,25H,7H2,1-2H3. The van der Waals surface area contributed by atoms with E-state index in [0.29, 0.717) is 15.7 Å². The summed E-state index contributed by atoms with van der Waals surface area (Å²) in [4.78, 5) is 15.7. The van der Waals surface area contributed by atoms with Gasteiger partial charge in [-0.15, -0.1) is 0 Å². The topological polar surface area (TPSA) is 64.9 Å². The van der Waals surface area contributed by atoms with Gasteiger partial charge in [-0.3, -0.25) is 0 Å². The minimum Gasteiger partial charge on any atom is -0.480 e. The lowest BCUT2D eigenvalue weighted by atomic mass is 10.2. The van der Waals surface area contributed by atoms with Crippen molar-refractivity contribution in [3.05, 3.63) is 52.3 Å². The fraction of sp³-hybridized carbons (Fsp3) is 0.200. The molecule has 0 radical (unpaired) electrons. The fourth-order valence-electron chi connectivity index (χ4n) is 2.69. The van der Waals surface area contributed by atoms with E-state index in [9.17, 15) is 18.0 Å². The van der Waals surface area contributed by atoms with Gasteiger partial charge >= 0.3 is 11.5 Å². The Balaban J connectivity index is 1.87. The Labute approximate surface area is 188 Å². The van der Waals surface area contributed by atoms with Gasteiger partial charge in [0.05, 0.1) is 43.1 Å². The normalized spacial score (nSPS) is 11.0. The average molecular weight is 514 g/mol. The smallest absolute Gasteiger partial charge is 0.447 e. The number of carbonyl (C=O) groups excluding carboxylic acids is 1. The molecule has 0 unspecified atom stereocenters. The first kappa shape index (κ1) is 22.8. The predicted molar refractivity (Wildman–Crippen MR) is 115 cm³/mol. The summed E-state index contributed by atoms with van der Waals surface area (Å²) in [7, 11) is 2.67. The number of nitrogens with one attached hydrogen (secondary N) is 1. The number of fused-ring (bicyclic) bond motifs is 1. The van der Waals surface area contributed by atoms with Crippen molar-refractivity contribution in [1.82, 2.24) is 9.38 Å². The lowest BCUT2D eigenvalue weighted by Crippen LogP contribution is -2.07. The second kappa shape index (κ2) is 9.53. The minimum absolute atomic E-state index is 0.0248. The number of esters is 1. The molecule has 6 nitrogen and oxygen atoms in total. The molecule has 0 bridgehead atoms. The quantitative estimate of drug-likeness (QED) is 0.295. The lowest BCUT2D eigenvalue weighted by molar-refractivity contribution is -0.0329. The molecule has 1 N–H and O–H groups in total. The van der Waals surface area contributed by atoms with E-state index in [2.05, 4.69) is 42.8 Å². The molecule has 3 aromatic rings. The van der Waals surface area contributed by atoms with Crippen LogP contribution in [0.2, 0.25) is 0 Å². The third kappa shape index (κ3) is 5.45. The summed E-state index contributed by atoms with van der Waals surface area (Å²) in [6.07, 6.45) is 2.86. The molecule has 0 aliphatic rings. The van der Waals surface area contributed by atoms with Gasteiger partial charge < -0.3 is 19.2 Å². The number of nitrogens with zero attached hydrogens (tertiary/aromatic N) is 2. The van der Waals surface area contributed by atoms with Gasteiger partial charge in [0, 0.05) is 28.6 Å². The maximum atomic E-state index is 13.1. The first-order valence-electron chi connectivity index (χ1n) is 8.64. The molecule has 0 spiro atoms. The summed E-state index contributed by atoms with van der Waals surface area (Å²) in [6, 6.07) is 6.47. The third-order valence-corrected chi connectivity index (χ3v) is 5.49. The van der Waals surface area contributed by atoms with E-state index in [1.165, 1.54) is 30.9 Å². The molecule has 0 saturated carbocycles. The lowest BCUT2D eigenvalue weighted by Gasteiger charge is -2.09. The number of pyridine rings is 2. The maximum absolute atomic E-state index is 13.1. The van der Waals surface area contributed by atoms with Crippen molar-refractivity contribution in [1.29, 1.82) is 0 Å². The van der Waals surface area contributed by atoms with E-state index in [-0.39, 0.29) is 40.3 Å². The molecule has 3 rings (SSSR count). The Hall–Kier alpha value is -2.84. The largest absolute Gasteiger partial charge is 0.480 e. The van der Waals surface area contributed by atoms with E-state index in [4.69, 9.17) is 4.74 Å². The van der Waals surface area contributed by atoms with Crippen molar-refractivity contribution in [3.8, 4) is 17.7 Å². The van der Waals surface area contributed by atoms with Gasteiger partial charge in [0.15, 0.2) is 0 Å². The van der Waals surface area contributed by atoms with Crippen LogP contribution in [-0.4, -0.2) is 41.6 Å². The minimum atomic E-state index is -4.46.